The van der Waals surface area contributed by atoms with Gasteiger partial charge in [-0.2, -0.15) is 0 Å². The molecule has 2 aromatic rings. The maximum absolute atomic E-state index is 13.6. The van der Waals surface area contributed by atoms with E-state index >= 15 is 0 Å². The van der Waals surface area contributed by atoms with Crippen molar-refractivity contribution in [2.75, 3.05) is 46.4 Å². The average Bonchev–Trinajstić information content (AvgIpc) is 3.00. The lowest BCUT2D eigenvalue weighted by atomic mass is 10.0. The first-order valence-corrected chi connectivity index (χ1v) is 14.4. The molecule has 0 spiro atoms. The molecule has 0 bridgehead atoms. The van der Waals surface area contributed by atoms with Gasteiger partial charge in [0, 0.05) is 39.6 Å². The van der Waals surface area contributed by atoms with Crippen LogP contribution >= 0.6 is 0 Å². The average molecular weight is 564 g/mol. The van der Waals surface area contributed by atoms with Gasteiger partial charge in [0.1, 0.15) is 24.4 Å². The highest BCUT2D eigenvalue weighted by Gasteiger charge is 2.32. The molecule has 0 aromatic heterocycles. The van der Waals surface area contributed by atoms with Gasteiger partial charge in [0.15, 0.2) is 0 Å². The fraction of sp³-hybridized carbons (Fsp3) is 0.484. The van der Waals surface area contributed by atoms with Crippen LogP contribution in [0.2, 0.25) is 0 Å². The number of fused-ring (bicyclic) bond motifs is 1. The van der Waals surface area contributed by atoms with Crippen LogP contribution in [0.5, 0.6) is 5.75 Å². The van der Waals surface area contributed by atoms with Crippen molar-refractivity contribution in [3.05, 3.63) is 65.7 Å². The molecule has 4 amide bonds. The Balaban J connectivity index is 1.60. The first-order chi connectivity index (χ1) is 19.8. The lowest BCUT2D eigenvalue weighted by Gasteiger charge is -2.36. The Kier molecular flexibility index (Phi) is 10.3. The molecule has 0 aliphatic carbocycles. The number of amides is 4. The summed E-state index contributed by atoms with van der Waals surface area (Å²) in [6, 6.07) is 14.6. The number of para-hydroxylation sites is 1. The van der Waals surface area contributed by atoms with Crippen molar-refractivity contribution in [2.45, 2.75) is 51.2 Å². The molecule has 10 heteroatoms. The summed E-state index contributed by atoms with van der Waals surface area (Å²) in [6.45, 7) is 7.43. The van der Waals surface area contributed by atoms with Crippen LogP contribution in [0.15, 0.2) is 54.6 Å². The summed E-state index contributed by atoms with van der Waals surface area (Å²) in [5, 5.41) is 5.66. The van der Waals surface area contributed by atoms with Crippen LogP contribution < -0.4 is 15.4 Å². The van der Waals surface area contributed by atoms with Crippen LogP contribution in [-0.2, 0) is 20.8 Å². The summed E-state index contributed by atoms with van der Waals surface area (Å²) in [5.74, 6) is -0.895. The van der Waals surface area contributed by atoms with Crippen LogP contribution in [0.25, 0.3) is 0 Å². The SMILES string of the molecule is CCN1CCN(C(=O)[C@@H]2CCC(=O)N[C@@H](C)C(=O)N(C)[C@H](Cc3ccccc3)COc3ccccc3C(=O)N2)CC1. The molecule has 2 aromatic carbocycles. The minimum Gasteiger partial charge on any atom is -0.491 e. The minimum atomic E-state index is -0.890. The lowest BCUT2D eigenvalue weighted by molar-refractivity contribution is -0.138. The number of carbonyl (C=O) groups is 4. The molecule has 2 N–H and O–H groups in total. The highest BCUT2D eigenvalue weighted by Crippen LogP contribution is 2.21. The van der Waals surface area contributed by atoms with E-state index in [0.717, 1.165) is 25.2 Å². The summed E-state index contributed by atoms with van der Waals surface area (Å²) < 4.78 is 6.19. The van der Waals surface area contributed by atoms with E-state index in [1.54, 1.807) is 48.0 Å². The zero-order valence-electron chi connectivity index (χ0n) is 24.2. The fourth-order valence-electron chi connectivity index (χ4n) is 5.29. The van der Waals surface area contributed by atoms with Crippen molar-refractivity contribution in [3.63, 3.8) is 0 Å². The van der Waals surface area contributed by atoms with Gasteiger partial charge in [-0.25, -0.2) is 0 Å². The van der Waals surface area contributed by atoms with Crippen LogP contribution in [0.3, 0.4) is 0 Å². The smallest absolute Gasteiger partial charge is 0.255 e. The molecule has 0 unspecified atom stereocenters. The van der Waals surface area contributed by atoms with Crippen molar-refractivity contribution >= 4 is 23.6 Å². The Morgan fingerprint density at radius 1 is 0.951 bits per heavy atom. The van der Waals surface area contributed by atoms with Gasteiger partial charge in [-0.3, -0.25) is 19.2 Å². The topological polar surface area (TPSA) is 111 Å². The van der Waals surface area contributed by atoms with Crippen LogP contribution in [0.4, 0.5) is 0 Å². The zero-order chi connectivity index (χ0) is 29.4. The molecule has 220 valence electrons. The number of rotatable bonds is 4. The van der Waals surface area contributed by atoms with E-state index in [1.807, 2.05) is 30.3 Å². The zero-order valence-corrected chi connectivity index (χ0v) is 24.2. The molecule has 0 radical (unpaired) electrons. The third kappa shape index (κ3) is 7.85. The number of hydrogen-bond acceptors (Lipinski definition) is 6. The summed E-state index contributed by atoms with van der Waals surface area (Å²) in [5.41, 5.74) is 1.32. The van der Waals surface area contributed by atoms with E-state index in [1.165, 1.54) is 0 Å². The summed E-state index contributed by atoms with van der Waals surface area (Å²) >= 11 is 0. The van der Waals surface area contributed by atoms with Crippen molar-refractivity contribution in [3.8, 4) is 5.75 Å². The largest absolute Gasteiger partial charge is 0.491 e. The second-order valence-electron chi connectivity index (χ2n) is 10.7. The van der Waals surface area contributed by atoms with Gasteiger partial charge in [-0.15, -0.1) is 0 Å². The molecule has 41 heavy (non-hydrogen) atoms. The van der Waals surface area contributed by atoms with Gasteiger partial charge in [0.2, 0.25) is 17.7 Å². The Bertz CT molecular complexity index is 1210. The fourth-order valence-corrected chi connectivity index (χ4v) is 5.29. The van der Waals surface area contributed by atoms with Gasteiger partial charge >= 0.3 is 0 Å². The molecule has 4 rings (SSSR count). The molecular weight excluding hydrogens is 522 g/mol. The predicted octanol–water partition coefficient (Wildman–Crippen LogP) is 1.70. The van der Waals surface area contributed by atoms with Crippen LogP contribution in [-0.4, -0.2) is 103 Å². The second-order valence-corrected chi connectivity index (χ2v) is 10.7. The van der Waals surface area contributed by atoms with E-state index in [4.69, 9.17) is 4.74 Å². The van der Waals surface area contributed by atoms with Crippen molar-refractivity contribution in [2.24, 2.45) is 0 Å². The number of hydrogen-bond donors (Lipinski definition) is 2. The summed E-state index contributed by atoms with van der Waals surface area (Å²) in [6.07, 6.45) is 0.624. The van der Waals surface area contributed by atoms with Gasteiger partial charge in [0.25, 0.3) is 5.91 Å². The minimum absolute atomic E-state index is 0.0153. The van der Waals surface area contributed by atoms with Crippen LogP contribution in [0, 0.1) is 0 Å². The first-order valence-electron chi connectivity index (χ1n) is 14.4. The van der Waals surface area contributed by atoms with Crippen molar-refractivity contribution < 1.29 is 23.9 Å². The maximum atomic E-state index is 13.6. The normalized spacial score (nSPS) is 23.4. The highest BCUT2D eigenvalue weighted by molar-refractivity contribution is 6.00. The highest BCUT2D eigenvalue weighted by atomic mass is 16.5. The van der Waals surface area contributed by atoms with E-state index in [-0.39, 0.29) is 43.2 Å². The Morgan fingerprint density at radius 2 is 1.63 bits per heavy atom. The van der Waals surface area contributed by atoms with E-state index in [9.17, 15) is 19.2 Å². The van der Waals surface area contributed by atoms with E-state index < -0.39 is 18.0 Å². The number of carbonyl (C=O) groups excluding carboxylic acids is 4. The molecule has 2 aliphatic rings. The number of likely N-dealkylation sites (N-methyl/N-ethyl adjacent to an activating group) is 2. The van der Waals surface area contributed by atoms with Crippen molar-refractivity contribution in [1.82, 2.24) is 25.3 Å². The molecule has 1 saturated heterocycles. The molecule has 1 fully saturated rings. The molecule has 3 atom stereocenters. The first kappa shape index (κ1) is 30.0. The van der Waals surface area contributed by atoms with Crippen molar-refractivity contribution in [1.29, 1.82) is 0 Å². The molecule has 2 heterocycles. The molecule has 2 aliphatic heterocycles. The molecule has 0 saturated carbocycles. The van der Waals surface area contributed by atoms with Gasteiger partial charge in [-0.1, -0.05) is 49.4 Å². The van der Waals surface area contributed by atoms with E-state index in [2.05, 4.69) is 22.5 Å². The third-order valence-corrected chi connectivity index (χ3v) is 7.92. The lowest BCUT2D eigenvalue weighted by Crippen LogP contribution is -2.55. The quantitative estimate of drug-likeness (QED) is 0.586. The molecule has 10 nitrogen and oxygen atoms in total. The Hall–Kier alpha value is -3.92. The van der Waals surface area contributed by atoms with Gasteiger partial charge in [0.05, 0.1) is 11.6 Å². The monoisotopic (exact) mass is 563 g/mol. The Morgan fingerprint density at radius 3 is 2.34 bits per heavy atom. The maximum Gasteiger partial charge on any atom is 0.255 e. The van der Waals surface area contributed by atoms with Gasteiger partial charge < -0.3 is 30.1 Å². The summed E-state index contributed by atoms with van der Waals surface area (Å²) in [7, 11) is 1.70. The second kappa shape index (κ2) is 14.1. The number of nitrogens with one attached hydrogen (secondary N) is 2. The standard InChI is InChI=1S/C31H41N5O5/c1-4-35-16-18-36(19-17-35)31(40)26-14-15-28(37)32-22(2)30(39)34(3)24(20-23-10-6-5-7-11-23)21-41-27-13-9-8-12-25(27)29(38)33-26/h5-13,22,24,26H,4,14-21H2,1-3H3,(H,32,37)(H,33,38)/t22-,24+,26-/m0/s1. The summed E-state index contributed by atoms with van der Waals surface area (Å²) in [4.78, 5) is 59.0. The van der Waals surface area contributed by atoms with E-state index in [0.29, 0.717) is 30.8 Å². The number of piperazine rings is 1. The molecular formula is C31H41N5O5. The number of ether oxygens (including phenoxy) is 1. The Labute approximate surface area is 242 Å². The predicted molar refractivity (Wildman–Crippen MR) is 155 cm³/mol. The number of benzene rings is 2. The third-order valence-electron chi connectivity index (χ3n) is 7.92. The van der Waals surface area contributed by atoms with Gasteiger partial charge in [-0.05, 0) is 44.0 Å². The number of nitrogens with zero attached hydrogens (tertiary/aromatic N) is 3. The van der Waals surface area contributed by atoms with Crippen LogP contribution in [0.1, 0.15) is 42.6 Å².